The molecule has 1 atom stereocenters. The molecular formula is C18H16N4O. The molecule has 23 heavy (non-hydrogen) atoms. The number of aromatic amines is 1. The molecule has 5 heteroatoms. The number of fused-ring (bicyclic) bond motifs is 1. The SMILES string of the molecule is Cc1ccc(N2C(=O)c3n[nH]c(C)c3[C@H]2c2cccnc2)cc1. The summed E-state index contributed by atoms with van der Waals surface area (Å²) in [6, 6.07) is 11.7. The van der Waals surface area contributed by atoms with Crippen LogP contribution in [-0.2, 0) is 0 Å². The maximum Gasteiger partial charge on any atom is 0.280 e. The van der Waals surface area contributed by atoms with Crippen molar-refractivity contribution in [2.45, 2.75) is 19.9 Å². The van der Waals surface area contributed by atoms with E-state index >= 15 is 0 Å². The highest BCUT2D eigenvalue weighted by Crippen LogP contribution is 2.41. The number of pyridine rings is 1. The fourth-order valence-corrected chi connectivity index (χ4v) is 3.12. The third-order valence-corrected chi connectivity index (χ3v) is 4.26. The van der Waals surface area contributed by atoms with Crippen LogP contribution in [0.1, 0.15) is 38.9 Å². The topological polar surface area (TPSA) is 61.9 Å². The Morgan fingerprint density at radius 3 is 2.61 bits per heavy atom. The first kappa shape index (κ1) is 13.7. The quantitative estimate of drug-likeness (QED) is 0.791. The van der Waals surface area contributed by atoms with Gasteiger partial charge in [-0.25, -0.2) is 0 Å². The zero-order chi connectivity index (χ0) is 16.0. The Morgan fingerprint density at radius 2 is 1.91 bits per heavy atom. The van der Waals surface area contributed by atoms with Gasteiger partial charge < -0.3 is 0 Å². The lowest BCUT2D eigenvalue weighted by molar-refractivity contribution is 0.0988. The van der Waals surface area contributed by atoms with Gasteiger partial charge in [0.15, 0.2) is 5.69 Å². The molecule has 0 saturated carbocycles. The third kappa shape index (κ3) is 2.04. The highest BCUT2D eigenvalue weighted by Gasteiger charge is 2.42. The molecule has 1 amide bonds. The van der Waals surface area contributed by atoms with Crippen molar-refractivity contribution in [3.05, 3.63) is 76.9 Å². The number of aryl methyl sites for hydroxylation is 2. The number of anilines is 1. The van der Waals surface area contributed by atoms with E-state index in [1.165, 1.54) is 0 Å². The van der Waals surface area contributed by atoms with Crippen molar-refractivity contribution in [3.63, 3.8) is 0 Å². The fraction of sp³-hybridized carbons (Fsp3) is 0.167. The lowest BCUT2D eigenvalue weighted by Crippen LogP contribution is -2.29. The minimum atomic E-state index is -0.201. The third-order valence-electron chi connectivity index (χ3n) is 4.26. The summed E-state index contributed by atoms with van der Waals surface area (Å²) in [6.07, 6.45) is 3.54. The molecule has 114 valence electrons. The lowest BCUT2D eigenvalue weighted by Gasteiger charge is -2.26. The number of nitrogens with zero attached hydrogens (tertiary/aromatic N) is 3. The summed E-state index contributed by atoms with van der Waals surface area (Å²) < 4.78 is 0. The predicted octanol–water partition coefficient (Wildman–Crippen LogP) is 3.17. The van der Waals surface area contributed by atoms with Gasteiger partial charge >= 0.3 is 0 Å². The molecule has 1 N–H and O–H groups in total. The number of hydrogen-bond donors (Lipinski definition) is 1. The number of rotatable bonds is 2. The van der Waals surface area contributed by atoms with Gasteiger partial charge in [0.2, 0.25) is 0 Å². The number of carbonyl (C=O) groups is 1. The molecule has 3 heterocycles. The maximum atomic E-state index is 12.9. The van der Waals surface area contributed by atoms with Gasteiger partial charge in [0, 0.05) is 29.3 Å². The largest absolute Gasteiger partial charge is 0.295 e. The van der Waals surface area contributed by atoms with Crippen molar-refractivity contribution < 1.29 is 4.79 Å². The van der Waals surface area contributed by atoms with E-state index < -0.39 is 0 Å². The molecule has 4 rings (SSSR count). The van der Waals surface area contributed by atoms with Gasteiger partial charge in [0.25, 0.3) is 5.91 Å². The van der Waals surface area contributed by atoms with Gasteiger partial charge in [0.05, 0.1) is 6.04 Å². The van der Waals surface area contributed by atoms with Crippen molar-refractivity contribution in [2.24, 2.45) is 0 Å². The first-order chi connectivity index (χ1) is 11.2. The monoisotopic (exact) mass is 304 g/mol. The molecule has 0 radical (unpaired) electrons. The smallest absolute Gasteiger partial charge is 0.280 e. The summed E-state index contributed by atoms with van der Waals surface area (Å²) in [4.78, 5) is 18.9. The zero-order valence-electron chi connectivity index (χ0n) is 12.9. The van der Waals surface area contributed by atoms with Gasteiger partial charge in [-0.3, -0.25) is 19.8 Å². The Labute approximate surface area is 134 Å². The van der Waals surface area contributed by atoms with Crippen LogP contribution in [0.25, 0.3) is 0 Å². The minimum Gasteiger partial charge on any atom is -0.295 e. The van der Waals surface area contributed by atoms with Crippen molar-refractivity contribution in [1.29, 1.82) is 0 Å². The van der Waals surface area contributed by atoms with E-state index in [9.17, 15) is 4.79 Å². The molecule has 2 aromatic heterocycles. The van der Waals surface area contributed by atoms with E-state index in [1.54, 1.807) is 17.3 Å². The standard InChI is InChI=1S/C18H16N4O/c1-11-5-7-14(8-6-11)22-17(13-4-3-9-19-10-13)15-12(2)20-21-16(15)18(22)23/h3-10,17H,1-2H3,(H,20,21)/t17-/m1/s1. The molecule has 1 aliphatic rings. The molecule has 5 nitrogen and oxygen atoms in total. The summed E-state index contributed by atoms with van der Waals surface area (Å²) >= 11 is 0. The Balaban J connectivity index is 1.91. The van der Waals surface area contributed by atoms with E-state index in [4.69, 9.17) is 0 Å². The average Bonchev–Trinajstić information content (AvgIpc) is 3.08. The summed E-state index contributed by atoms with van der Waals surface area (Å²) in [5.74, 6) is -0.0814. The fourth-order valence-electron chi connectivity index (χ4n) is 3.12. The van der Waals surface area contributed by atoms with Crippen molar-refractivity contribution in [3.8, 4) is 0 Å². The molecular weight excluding hydrogens is 288 g/mol. The number of carbonyl (C=O) groups excluding carboxylic acids is 1. The van der Waals surface area contributed by atoms with E-state index in [1.807, 2.05) is 50.2 Å². The highest BCUT2D eigenvalue weighted by atomic mass is 16.2. The second-order valence-electron chi connectivity index (χ2n) is 5.81. The van der Waals surface area contributed by atoms with Crippen LogP contribution in [0.3, 0.4) is 0 Å². The van der Waals surface area contributed by atoms with Gasteiger partial charge in [-0.1, -0.05) is 23.8 Å². The van der Waals surface area contributed by atoms with Crippen LogP contribution in [0, 0.1) is 13.8 Å². The van der Waals surface area contributed by atoms with Crippen LogP contribution in [0.15, 0.2) is 48.8 Å². The van der Waals surface area contributed by atoms with Crippen LogP contribution in [-0.4, -0.2) is 21.1 Å². The van der Waals surface area contributed by atoms with Crippen molar-refractivity contribution >= 4 is 11.6 Å². The molecule has 0 fully saturated rings. The van der Waals surface area contributed by atoms with Crippen LogP contribution in [0.5, 0.6) is 0 Å². The second kappa shape index (κ2) is 5.05. The number of H-pyrrole nitrogens is 1. The first-order valence-corrected chi connectivity index (χ1v) is 7.52. The van der Waals surface area contributed by atoms with Crippen molar-refractivity contribution in [1.82, 2.24) is 15.2 Å². The highest BCUT2D eigenvalue weighted by molar-refractivity contribution is 6.10. The normalized spacial score (nSPS) is 16.7. The van der Waals surface area contributed by atoms with Gasteiger partial charge in [0.1, 0.15) is 0 Å². The first-order valence-electron chi connectivity index (χ1n) is 7.52. The van der Waals surface area contributed by atoms with Crippen LogP contribution < -0.4 is 4.90 Å². The van der Waals surface area contributed by atoms with Crippen LogP contribution in [0.2, 0.25) is 0 Å². The lowest BCUT2D eigenvalue weighted by atomic mass is 10.0. The van der Waals surface area contributed by atoms with Crippen LogP contribution >= 0.6 is 0 Å². The number of amides is 1. The molecule has 1 aliphatic heterocycles. The molecule has 0 spiro atoms. The molecule has 0 bridgehead atoms. The van der Waals surface area contributed by atoms with E-state index in [0.717, 1.165) is 28.1 Å². The molecule has 0 unspecified atom stereocenters. The van der Waals surface area contributed by atoms with Gasteiger partial charge in [-0.2, -0.15) is 5.10 Å². The molecule has 0 aliphatic carbocycles. The molecule has 3 aromatic rings. The summed E-state index contributed by atoms with van der Waals surface area (Å²) in [5.41, 5.74) is 5.35. The number of aromatic nitrogens is 3. The van der Waals surface area contributed by atoms with E-state index in [-0.39, 0.29) is 11.9 Å². The summed E-state index contributed by atoms with van der Waals surface area (Å²) in [5, 5.41) is 7.14. The summed E-state index contributed by atoms with van der Waals surface area (Å²) in [6.45, 7) is 3.98. The number of benzene rings is 1. The average molecular weight is 304 g/mol. The Kier molecular flexibility index (Phi) is 3.01. The maximum absolute atomic E-state index is 12.9. The number of nitrogens with one attached hydrogen (secondary N) is 1. The van der Waals surface area contributed by atoms with Gasteiger partial charge in [-0.05, 0) is 37.6 Å². The Hall–Kier alpha value is -2.95. The Morgan fingerprint density at radius 1 is 1.13 bits per heavy atom. The summed E-state index contributed by atoms with van der Waals surface area (Å²) in [7, 11) is 0. The minimum absolute atomic E-state index is 0.0814. The Bertz CT molecular complexity index is 868. The predicted molar refractivity (Wildman–Crippen MR) is 87.4 cm³/mol. The zero-order valence-corrected chi connectivity index (χ0v) is 12.9. The second-order valence-corrected chi connectivity index (χ2v) is 5.81. The van der Waals surface area contributed by atoms with Crippen LogP contribution in [0.4, 0.5) is 5.69 Å². The van der Waals surface area contributed by atoms with Crippen molar-refractivity contribution in [2.75, 3.05) is 4.90 Å². The van der Waals surface area contributed by atoms with E-state index in [2.05, 4.69) is 15.2 Å². The van der Waals surface area contributed by atoms with Gasteiger partial charge in [-0.15, -0.1) is 0 Å². The molecule has 1 aromatic carbocycles. The van der Waals surface area contributed by atoms with E-state index in [0.29, 0.717) is 5.69 Å². The number of hydrogen-bond acceptors (Lipinski definition) is 3. The molecule has 0 saturated heterocycles.